The first-order chi connectivity index (χ1) is 6.15. The van der Waals surface area contributed by atoms with Crippen molar-refractivity contribution in [1.29, 1.82) is 0 Å². The van der Waals surface area contributed by atoms with Crippen LogP contribution in [0.25, 0.3) is 0 Å². The largest absolute Gasteiger partial charge is 0.494 e. The molecule has 0 radical (unpaired) electrons. The van der Waals surface area contributed by atoms with E-state index in [1.807, 2.05) is 26.0 Å². The number of hydrogen-bond donors (Lipinski definition) is 0. The van der Waals surface area contributed by atoms with Crippen molar-refractivity contribution < 1.29 is 4.74 Å². The minimum atomic E-state index is 0.764. The molecule has 0 saturated heterocycles. The Balaban J connectivity index is 2.86. The molecular weight excluding hydrogens is 184 g/mol. The Morgan fingerprint density at radius 3 is 2.23 bits per heavy atom. The minimum Gasteiger partial charge on any atom is -0.494 e. The van der Waals surface area contributed by atoms with Crippen LogP contribution in [0.1, 0.15) is 24.5 Å². The molecule has 0 aliphatic carbocycles. The Morgan fingerprint density at radius 1 is 1.23 bits per heavy atom. The number of hydrogen-bond acceptors (Lipinski definition) is 1. The lowest BCUT2D eigenvalue weighted by Crippen LogP contribution is -1.96. The molecule has 2 heteroatoms. The van der Waals surface area contributed by atoms with Gasteiger partial charge in [-0.2, -0.15) is 0 Å². The second kappa shape index (κ2) is 4.52. The molecule has 0 unspecified atom stereocenters. The maximum absolute atomic E-state index is 6.03. The first-order valence-electron chi connectivity index (χ1n) is 4.54. The Bertz CT molecular complexity index is 271. The lowest BCUT2D eigenvalue weighted by molar-refractivity contribution is 0.317. The molecule has 0 aliphatic rings. The summed E-state index contributed by atoms with van der Waals surface area (Å²) in [4.78, 5) is 0. The van der Waals surface area contributed by atoms with E-state index in [4.69, 9.17) is 16.3 Å². The Kier molecular flexibility index (Phi) is 3.61. The Labute approximate surface area is 84.7 Å². The molecule has 0 aliphatic heterocycles. The van der Waals surface area contributed by atoms with E-state index in [1.165, 1.54) is 0 Å². The lowest BCUT2D eigenvalue weighted by Gasteiger charge is -2.08. The van der Waals surface area contributed by atoms with Gasteiger partial charge in [-0.25, -0.2) is 0 Å². The van der Waals surface area contributed by atoms with E-state index in [1.54, 1.807) is 0 Å². The van der Waals surface area contributed by atoms with Gasteiger partial charge in [-0.05, 0) is 43.5 Å². The number of ether oxygens (including phenoxy) is 1. The van der Waals surface area contributed by atoms with Crippen molar-refractivity contribution in [3.05, 3.63) is 28.3 Å². The molecule has 0 saturated carbocycles. The van der Waals surface area contributed by atoms with E-state index >= 15 is 0 Å². The van der Waals surface area contributed by atoms with E-state index in [9.17, 15) is 0 Å². The van der Waals surface area contributed by atoms with Crippen LogP contribution in [0.15, 0.2) is 12.1 Å². The van der Waals surface area contributed by atoms with Crippen molar-refractivity contribution in [2.45, 2.75) is 27.2 Å². The normalized spacial score (nSPS) is 10.2. The van der Waals surface area contributed by atoms with Crippen molar-refractivity contribution in [2.24, 2.45) is 0 Å². The maximum Gasteiger partial charge on any atom is 0.119 e. The van der Waals surface area contributed by atoms with Gasteiger partial charge in [0.1, 0.15) is 5.75 Å². The summed E-state index contributed by atoms with van der Waals surface area (Å²) in [6, 6.07) is 3.95. The van der Waals surface area contributed by atoms with Crippen LogP contribution < -0.4 is 4.74 Å². The predicted molar refractivity (Wildman–Crippen MR) is 56.7 cm³/mol. The highest BCUT2D eigenvalue weighted by Crippen LogP contribution is 2.25. The molecule has 0 bridgehead atoms. The second-order valence-corrected chi connectivity index (χ2v) is 3.60. The number of rotatable bonds is 3. The van der Waals surface area contributed by atoms with E-state index in [0.29, 0.717) is 0 Å². The van der Waals surface area contributed by atoms with Crippen LogP contribution in [-0.2, 0) is 0 Å². The van der Waals surface area contributed by atoms with Crippen LogP contribution in [0.5, 0.6) is 5.75 Å². The second-order valence-electron chi connectivity index (χ2n) is 3.22. The van der Waals surface area contributed by atoms with E-state index in [0.717, 1.165) is 34.9 Å². The fraction of sp³-hybridized carbons (Fsp3) is 0.455. The van der Waals surface area contributed by atoms with Gasteiger partial charge < -0.3 is 4.74 Å². The Hall–Kier alpha value is -0.690. The molecule has 1 aromatic rings. The van der Waals surface area contributed by atoms with Gasteiger partial charge in [0, 0.05) is 5.02 Å². The summed E-state index contributed by atoms with van der Waals surface area (Å²) in [6.45, 7) is 6.85. The smallest absolute Gasteiger partial charge is 0.119 e. The zero-order valence-electron chi connectivity index (χ0n) is 8.36. The fourth-order valence-corrected chi connectivity index (χ4v) is 1.32. The van der Waals surface area contributed by atoms with Crippen LogP contribution in [0, 0.1) is 13.8 Å². The van der Waals surface area contributed by atoms with E-state index < -0.39 is 0 Å². The zero-order chi connectivity index (χ0) is 9.84. The molecule has 0 N–H and O–H groups in total. The van der Waals surface area contributed by atoms with Gasteiger partial charge in [0.05, 0.1) is 6.61 Å². The van der Waals surface area contributed by atoms with Gasteiger partial charge in [0.2, 0.25) is 0 Å². The molecule has 0 aromatic heterocycles. The first-order valence-corrected chi connectivity index (χ1v) is 4.92. The molecule has 0 fully saturated rings. The minimum absolute atomic E-state index is 0.764. The third-order valence-electron chi connectivity index (χ3n) is 1.88. The van der Waals surface area contributed by atoms with Crippen molar-refractivity contribution in [3.63, 3.8) is 0 Å². The predicted octanol–water partition coefficient (Wildman–Crippen LogP) is 3.75. The number of benzene rings is 1. The summed E-state index contributed by atoms with van der Waals surface area (Å²) in [5.41, 5.74) is 2.15. The maximum atomic E-state index is 6.03. The third-order valence-corrected chi connectivity index (χ3v) is 2.48. The van der Waals surface area contributed by atoms with Gasteiger partial charge in [-0.15, -0.1) is 0 Å². The van der Waals surface area contributed by atoms with Crippen molar-refractivity contribution >= 4 is 11.6 Å². The number of halogens is 1. The highest BCUT2D eigenvalue weighted by atomic mass is 35.5. The van der Waals surface area contributed by atoms with Crippen LogP contribution in [0.2, 0.25) is 5.02 Å². The topological polar surface area (TPSA) is 9.23 Å². The highest BCUT2D eigenvalue weighted by molar-refractivity contribution is 6.32. The quantitative estimate of drug-likeness (QED) is 0.719. The third kappa shape index (κ3) is 2.63. The summed E-state index contributed by atoms with van der Waals surface area (Å²) in [6.07, 6.45) is 1.03. The first kappa shape index (κ1) is 10.4. The van der Waals surface area contributed by atoms with Crippen LogP contribution in [0.4, 0.5) is 0 Å². The highest BCUT2D eigenvalue weighted by Gasteiger charge is 2.02. The molecule has 0 spiro atoms. The summed E-state index contributed by atoms with van der Waals surface area (Å²) >= 11 is 6.03. The van der Waals surface area contributed by atoms with Crippen molar-refractivity contribution in [3.8, 4) is 5.75 Å². The lowest BCUT2D eigenvalue weighted by atomic mass is 10.1. The average molecular weight is 199 g/mol. The van der Waals surface area contributed by atoms with Gasteiger partial charge in [-0.3, -0.25) is 0 Å². The summed E-state index contributed by atoms with van der Waals surface area (Å²) in [5.74, 6) is 0.918. The fourth-order valence-electron chi connectivity index (χ4n) is 1.21. The SMILES string of the molecule is CCCOc1cc(C)c(Cl)c(C)c1. The van der Waals surface area contributed by atoms with Crippen LogP contribution in [-0.4, -0.2) is 6.61 Å². The summed E-state index contributed by atoms with van der Waals surface area (Å²) < 4.78 is 5.51. The number of aryl methyl sites for hydroxylation is 2. The van der Waals surface area contributed by atoms with E-state index in [2.05, 4.69) is 6.92 Å². The van der Waals surface area contributed by atoms with Gasteiger partial charge >= 0.3 is 0 Å². The molecule has 72 valence electrons. The molecule has 0 atom stereocenters. The summed E-state index contributed by atoms with van der Waals surface area (Å²) in [7, 11) is 0. The molecule has 0 heterocycles. The molecule has 1 aromatic carbocycles. The van der Waals surface area contributed by atoms with Crippen LogP contribution in [0.3, 0.4) is 0 Å². The van der Waals surface area contributed by atoms with Crippen molar-refractivity contribution in [1.82, 2.24) is 0 Å². The molecule has 13 heavy (non-hydrogen) atoms. The van der Waals surface area contributed by atoms with Gasteiger partial charge in [-0.1, -0.05) is 18.5 Å². The standard InChI is InChI=1S/C11H15ClO/c1-4-5-13-10-6-8(2)11(12)9(3)7-10/h6-7H,4-5H2,1-3H3. The average Bonchev–Trinajstić information content (AvgIpc) is 2.10. The Morgan fingerprint density at radius 2 is 1.77 bits per heavy atom. The van der Waals surface area contributed by atoms with Crippen molar-refractivity contribution in [2.75, 3.05) is 6.61 Å². The zero-order valence-corrected chi connectivity index (χ0v) is 9.11. The van der Waals surface area contributed by atoms with Gasteiger partial charge in [0.15, 0.2) is 0 Å². The summed E-state index contributed by atoms with van der Waals surface area (Å²) in [5, 5.41) is 0.837. The molecule has 1 nitrogen and oxygen atoms in total. The van der Waals surface area contributed by atoms with Gasteiger partial charge in [0.25, 0.3) is 0 Å². The monoisotopic (exact) mass is 198 g/mol. The molecule has 1 rings (SSSR count). The molecular formula is C11H15ClO. The molecule has 0 amide bonds. The van der Waals surface area contributed by atoms with E-state index in [-0.39, 0.29) is 0 Å². The van der Waals surface area contributed by atoms with Crippen LogP contribution >= 0.6 is 11.6 Å².